The Hall–Kier alpha value is -4.79. The topological polar surface area (TPSA) is 119 Å². The fourth-order valence-corrected chi connectivity index (χ4v) is 7.06. The van der Waals surface area contributed by atoms with E-state index in [9.17, 15) is 31.5 Å². The highest BCUT2D eigenvalue weighted by molar-refractivity contribution is 7.92. The summed E-state index contributed by atoms with van der Waals surface area (Å²) >= 11 is 0. The van der Waals surface area contributed by atoms with Crippen molar-refractivity contribution in [2.75, 3.05) is 19.5 Å². The second-order valence-corrected chi connectivity index (χ2v) is 13.5. The lowest BCUT2D eigenvalue weighted by molar-refractivity contribution is -0.153. The maximum Gasteiger partial charge on any atom is 0.449 e. The molecule has 264 valence electrons. The predicted octanol–water partition coefficient (Wildman–Crippen LogP) is 7.00. The van der Waals surface area contributed by atoms with E-state index in [0.717, 1.165) is 40.1 Å². The zero-order chi connectivity index (χ0) is 36.2. The standard InChI is InChI=1S/C36H34F4N2O7S/c1-4-48-35(44)21-50(45,46)33-15-24(13-30(37)29(33)20-43)25-14-32(47-3)31(41-16-25)19-42(17-26-11-12-34(49-26)36(38,39)40)18-28-22(2)9-10-23-7-5-6-8-27(23)28/h5-16,43H,4,17-21H2,1-3H3. The third-order valence-electron chi connectivity index (χ3n) is 8.10. The quantitative estimate of drug-likeness (QED) is 0.102. The van der Waals surface area contributed by atoms with Crippen LogP contribution in [0.15, 0.2) is 82.2 Å². The molecule has 2 aromatic heterocycles. The summed E-state index contributed by atoms with van der Waals surface area (Å²) in [6.07, 6.45) is -3.27. The van der Waals surface area contributed by atoms with E-state index < -0.39 is 56.4 Å². The highest BCUT2D eigenvalue weighted by Crippen LogP contribution is 2.34. The van der Waals surface area contributed by atoms with Crippen LogP contribution in [0.25, 0.3) is 21.9 Å². The van der Waals surface area contributed by atoms with E-state index >= 15 is 4.39 Å². The van der Waals surface area contributed by atoms with Gasteiger partial charge in [-0.05, 0) is 71.6 Å². The summed E-state index contributed by atoms with van der Waals surface area (Å²) in [5.74, 6) is -3.88. The van der Waals surface area contributed by atoms with Crippen molar-refractivity contribution in [2.24, 2.45) is 0 Å². The second-order valence-electron chi connectivity index (χ2n) is 11.5. The Balaban J connectivity index is 1.52. The zero-order valence-corrected chi connectivity index (χ0v) is 28.2. The molecule has 9 nitrogen and oxygen atoms in total. The highest BCUT2D eigenvalue weighted by atomic mass is 32.2. The number of aliphatic hydroxyl groups is 1. The number of fused-ring (bicyclic) bond motifs is 1. The molecule has 14 heteroatoms. The number of rotatable bonds is 13. The molecule has 0 saturated heterocycles. The Morgan fingerprint density at radius 3 is 2.42 bits per heavy atom. The minimum absolute atomic E-state index is 0.0131. The third kappa shape index (κ3) is 8.15. The van der Waals surface area contributed by atoms with Gasteiger partial charge in [0, 0.05) is 30.4 Å². The highest BCUT2D eigenvalue weighted by Gasteiger charge is 2.35. The molecule has 2 heterocycles. The van der Waals surface area contributed by atoms with Crippen molar-refractivity contribution in [1.82, 2.24) is 9.88 Å². The average molecular weight is 715 g/mol. The molecule has 0 aliphatic rings. The summed E-state index contributed by atoms with van der Waals surface area (Å²) in [6.45, 7) is 2.85. The minimum atomic E-state index is -4.65. The van der Waals surface area contributed by atoms with Gasteiger partial charge in [0.05, 0.1) is 37.5 Å². The molecular formula is C36H34F4N2O7S. The Labute approximate surface area is 286 Å². The molecular weight excluding hydrogens is 680 g/mol. The molecule has 0 fully saturated rings. The maximum atomic E-state index is 15.2. The molecule has 0 radical (unpaired) electrons. The van der Waals surface area contributed by atoms with Gasteiger partial charge in [-0.2, -0.15) is 13.2 Å². The van der Waals surface area contributed by atoms with Gasteiger partial charge in [0.15, 0.2) is 15.6 Å². The van der Waals surface area contributed by atoms with Crippen molar-refractivity contribution >= 4 is 26.6 Å². The maximum absolute atomic E-state index is 15.2. The Bertz CT molecular complexity index is 2130. The number of sulfone groups is 1. The number of hydrogen-bond acceptors (Lipinski definition) is 9. The van der Waals surface area contributed by atoms with Gasteiger partial charge >= 0.3 is 12.1 Å². The number of hydrogen-bond donors (Lipinski definition) is 1. The summed E-state index contributed by atoms with van der Waals surface area (Å²) in [5.41, 5.74) is 2.16. The van der Waals surface area contributed by atoms with Crippen LogP contribution >= 0.6 is 0 Å². The summed E-state index contributed by atoms with van der Waals surface area (Å²) in [4.78, 5) is 17.8. The van der Waals surface area contributed by atoms with E-state index in [1.54, 1.807) is 0 Å². The number of furan rings is 1. The van der Waals surface area contributed by atoms with Gasteiger partial charge in [-0.1, -0.05) is 36.4 Å². The van der Waals surface area contributed by atoms with Crippen molar-refractivity contribution in [2.45, 2.75) is 51.2 Å². The molecule has 0 aliphatic carbocycles. The van der Waals surface area contributed by atoms with Gasteiger partial charge in [0.1, 0.15) is 17.3 Å². The van der Waals surface area contributed by atoms with Crippen LogP contribution in [0.4, 0.5) is 17.6 Å². The third-order valence-corrected chi connectivity index (χ3v) is 9.75. The van der Waals surface area contributed by atoms with E-state index in [-0.39, 0.29) is 42.3 Å². The molecule has 5 aromatic rings. The van der Waals surface area contributed by atoms with Crippen molar-refractivity contribution in [3.05, 3.63) is 113 Å². The molecule has 0 saturated carbocycles. The van der Waals surface area contributed by atoms with Gasteiger partial charge in [0.25, 0.3) is 0 Å². The number of pyridine rings is 1. The van der Waals surface area contributed by atoms with E-state index in [2.05, 4.69) is 4.98 Å². The van der Waals surface area contributed by atoms with Gasteiger partial charge in [-0.25, -0.2) is 12.8 Å². The Morgan fingerprint density at radius 1 is 0.980 bits per heavy atom. The molecule has 0 aliphatic heterocycles. The van der Waals surface area contributed by atoms with Crippen molar-refractivity contribution in [3.8, 4) is 16.9 Å². The summed E-state index contributed by atoms with van der Waals surface area (Å²) in [6, 6.07) is 17.6. The van der Waals surface area contributed by atoms with Crippen LogP contribution in [0.3, 0.4) is 0 Å². The molecule has 3 aromatic carbocycles. The molecule has 0 unspecified atom stereocenters. The number of benzene rings is 3. The number of ether oxygens (including phenoxy) is 2. The van der Waals surface area contributed by atoms with Crippen LogP contribution < -0.4 is 4.74 Å². The zero-order valence-electron chi connectivity index (χ0n) is 27.4. The van der Waals surface area contributed by atoms with E-state index in [1.165, 1.54) is 32.4 Å². The lowest BCUT2D eigenvalue weighted by Gasteiger charge is -2.24. The van der Waals surface area contributed by atoms with Crippen LogP contribution in [0, 0.1) is 12.7 Å². The lowest BCUT2D eigenvalue weighted by Crippen LogP contribution is -2.24. The Morgan fingerprint density at radius 2 is 1.74 bits per heavy atom. The van der Waals surface area contributed by atoms with Gasteiger partial charge in [-0.15, -0.1) is 0 Å². The largest absolute Gasteiger partial charge is 0.495 e. The minimum Gasteiger partial charge on any atom is -0.495 e. The first-order chi connectivity index (χ1) is 23.7. The van der Waals surface area contributed by atoms with Gasteiger partial charge in [-0.3, -0.25) is 14.7 Å². The number of carbonyl (C=O) groups excluding carboxylic acids is 1. The van der Waals surface area contributed by atoms with E-state index in [1.807, 2.05) is 48.2 Å². The number of aromatic nitrogens is 1. The van der Waals surface area contributed by atoms with Crippen LogP contribution in [-0.4, -0.2) is 48.8 Å². The number of alkyl halides is 3. The molecule has 0 amide bonds. The summed E-state index contributed by atoms with van der Waals surface area (Å²) < 4.78 is 97.0. The number of nitrogens with zero attached hydrogens (tertiary/aromatic N) is 2. The monoisotopic (exact) mass is 714 g/mol. The smallest absolute Gasteiger partial charge is 0.449 e. The van der Waals surface area contributed by atoms with Gasteiger partial charge in [0.2, 0.25) is 5.76 Å². The fourth-order valence-electron chi connectivity index (χ4n) is 5.66. The summed E-state index contributed by atoms with van der Waals surface area (Å²) in [7, 11) is -3.03. The first-order valence-corrected chi connectivity index (χ1v) is 17.1. The van der Waals surface area contributed by atoms with E-state index in [0.29, 0.717) is 12.2 Å². The fraction of sp³-hybridized carbons (Fsp3) is 0.278. The van der Waals surface area contributed by atoms with Crippen molar-refractivity contribution in [3.63, 3.8) is 0 Å². The number of methoxy groups -OCH3 is 1. The summed E-state index contributed by atoms with van der Waals surface area (Å²) in [5, 5.41) is 11.7. The molecule has 5 rings (SSSR count). The molecule has 50 heavy (non-hydrogen) atoms. The van der Waals surface area contributed by atoms with Crippen molar-refractivity contribution < 1.29 is 49.8 Å². The Kier molecular flexibility index (Phi) is 10.9. The van der Waals surface area contributed by atoms with Crippen LogP contribution in [0.5, 0.6) is 5.75 Å². The van der Waals surface area contributed by atoms with Gasteiger partial charge < -0.3 is 19.0 Å². The van der Waals surface area contributed by atoms with Crippen molar-refractivity contribution in [1.29, 1.82) is 0 Å². The van der Waals surface area contributed by atoms with Crippen LogP contribution in [-0.2, 0) is 51.8 Å². The molecule has 0 atom stereocenters. The number of aryl methyl sites for hydroxylation is 1. The lowest BCUT2D eigenvalue weighted by atomic mass is 9.99. The average Bonchev–Trinajstić information content (AvgIpc) is 3.55. The number of halogens is 4. The number of esters is 1. The molecule has 1 N–H and O–H groups in total. The number of aliphatic hydroxyl groups excluding tert-OH is 1. The number of carbonyl (C=O) groups is 1. The first-order valence-electron chi connectivity index (χ1n) is 15.4. The van der Waals surface area contributed by atoms with Crippen LogP contribution in [0.1, 0.15) is 40.8 Å². The molecule has 0 bridgehead atoms. The van der Waals surface area contributed by atoms with E-state index in [4.69, 9.17) is 13.9 Å². The first kappa shape index (κ1) is 36.5. The van der Waals surface area contributed by atoms with Crippen LogP contribution in [0.2, 0.25) is 0 Å². The molecule has 0 spiro atoms. The second kappa shape index (κ2) is 15.0. The SMILES string of the molecule is CCOC(=O)CS(=O)(=O)c1cc(-c2cnc(CN(Cc3ccc(C(F)(F)F)o3)Cc3c(C)ccc4ccccc34)c(OC)c2)cc(F)c1CO. The normalized spacial score (nSPS) is 12.1. The predicted molar refractivity (Wildman–Crippen MR) is 176 cm³/mol.